The third kappa shape index (κ3) is 3.06. The van der Waals surface area contributed by atoms with Gasteiger partial charge in [0.1, 0.15) is 5.60 Å². The van der Waals surface area contributed by atoms with Crippen molar-refractivity contribution < 1.29 is 5.11 Å². The molecular formula is C19H30ClNO. The second-order valence-electron chi connectivity index (χ2n) is 8.06. The van der Waals surface area contributed by atoms with Gasteiger partial charge >= 0.3 is 0 Å². The van der Waals surface area contributed by atoms with Gasteiger partial charge in [-0.2, -0.15) is 0 Å². The van der Waals surface area contributed by atoms with Crippen molar-refractivity contribution in [1.29, 1.82) is 0 Å². The summed E-state index contributed by atoms with van der Waals surface area (Å²) < 4.78 is 0. The van der Waals surface area contributed by atoms with Gasteiger partial charge in [-0.25, -0.2) is 0 Å². The lowest BCUT2D eigenvalue weighted by molar-refractivity contribution is -0.0573. The van der Waals surface area contributed by atoms with E-state index in [2.05, 4.69) is 45.1 Å². The molecule has 22 heavy (non-hydrogen) atoms. The minimum Gasteiger partial charge on any atom is -0.383 e. The first kappa shape index (κ1) is 17.8. The van der Waals surface area contributed by atoms with Crippen LogP contribution in [0.25, 0.3) is 0 Å². The molecular weight excluding hydrogens is 294 g/mol. The van der Waals surface area contributed by atoms with E-state index in [0.29, 0.717) is 0 Å². The van der Waals surface area contributed by atoms with Gasteiger partial charge in [-0.05, 0) is 68.2 Å². The molecule has 1 aromatic carbocycles. The van der Waals surface area contributed by atoms with Crippen LogP contribution in [0.2, 0.25) is 0 Å². The summed E-state index contributed by atoms with van der Waals surface area (Å²) >= 11 is 0. The van der Waals surface area contributed by atoms with Crippen molar-refractivity contribution in [2.24, 2.45) is 5.41 Å². The van der Waals surface area contributed by atoms with E-state index in [1.807, 2.05) is 0 Å². The molecule has 0 bridgehead atoms. The molecule has 1 aliphatic heterocycles. The monoisotopic (exact) mass is 323 g/mol. The fraction of sp³-hybridized carbons (Fsp3) is 0.684. The summed E-state index contributed by atoms with van der Waals surface area (Å²) in [6, 6.07) is 4.72. The lowest BCUT2D eigenvalue weighted by Gasteiger charge is -2.49. The number of aryl methyl sites for hydroxylation is 2. The first-order valence-electron chi connectivity index (χ1n) is 8.38. The molecule has 0 radical (unpaired) electrons. The van der Waals surface area contributed by atoms with E-state index < -0.39 is 5.60 Å². The Morgan fingerprint density at radius 2 is 1.91 bits per heavy atom. The van der Waals surface area contributed by atoms with Crippen LogP contribution in [-0.4, -0.2) is 17.7 Å². The second kappa shape index (κ2) is 6.14. The highest BCUT2D eigenvalue weighted by atomic mass is 35.5. The molecule has 2 unspecified atom stereocenters. The number of aliphatic hydroxyl groups is 1. The zero-order valence-electron chi connectivity index (χ0n) is 14.3. The van der Waals surface area contributed by atoms with Gasteiger partial charge in [0.2, 0.25) is 0 Å². The van der Waals surface area contributed by atoms with E-state index >= 15 is 0 Å². The molecule has 0 aromatic heterocycles. The van der Waals surface area contributed by atoms with Crippen molar-refractivity contribution >= 4 is 12.4 Å². The number of piperidine rings is 1. The summed E-state index contributed by atoms with van der Waals surface area (Å²) in [4.78, 5) is 0. The van der Waals surface area contributed by atoms with Crippen LogP contribution < -0.4 is 5.32 Å². The van der Waals surface area contributed by atoms with Gasteiger partial charge in [-0.3, -0.25) is 0 Å². The molecule has 3 heteroatoms. The molecule has 1 fully saturated rings. The first-order valence-corrected chi connectivity index (χ1v) is 8.38. The van der Waals surface area contributed by atoms with Crippen molar-refractivity contribution in [2.45, 2.75) is 71.4 Å². The summed E-state index contributed by atoms with van der Waals surface area (Å²) in [5, 5.41) is 15.3. The summed E-state index contributed by atoms with van der Waals surface area (Å²) in [7, 11) is 0. The number of benzene rings is 1. The maximum Gasteiger partial charge on any atom is 0.106 e. The van der Waals surface area contributed by atoms with E-state index in [-0.39, 0.29) is 23.9 Å². The Labute approximate surface area is 141 Å². The molecule has 3 rings (SSSR count). The van der Waals surface area contributed by atoms with Crippen molar-refractivity contribution in [3.05, 3.63) is 34.4 Å². The maximum absolute atomic E-state index is 11.7. The fourth-order valence-corrected chi connectivity index (χ4v) is 4.77. The zero-order chi connectivity index (χ0) is 15.3. The molecule has 0 spiro atoms. The highest BCUT2D eigenvalue weighted by Crippen LogP contribution is 2.48. The van der Waals surface area contributed by atoms with Crippen LogP contribution in [0.15, 0.2) is 12.1 Å². The van der Waals surface area contributed by atoms with Crippen molar-refractivity contribution in [1.82, 2.24) is 5.32 Å². The van der Waals surface area contributed by atoms with Crippen molar-refractivity contribution in [3.8, 4) is 0 Å². The van der Waals surface area contributed by atoms with Gasteiger partial charge in [0, 0.05) is 6.04 Å². The van der Waals surface area contributed by atoms with Gasteiger partial charge in [0.25, 0.3) is 0 Å². The van der Waals surface area contributed by atoms with Gasteiger partial charge in [0.15, 0.2) is 0 Å². The van der Waals surface area contributed by atoms with Crippen molar-refractivity contribution in [2.75, 3.05) is 6.54 Å². The third-order valence-corrected chi connectivity index (χ3v) is 5.30. The minimum absolute atomic E-state index is 0. The van der Waals surface area contributed by atoms with E-state index in [0.717, 1.165) is 25.8 Å². The maximum atomic E-state index is 11.7. The Morgan fingerprint density at radius 1 is 1.18 bits per heavy atom. The predicted octanol–water partition coefficient (Wildman–Crippen LogP) is 4.03. The zero-order valence-corrected chi connectivity index (χ0v) is 15.1. The Balaban J connectivity index is 0.00000176. The van der Waals surface area contributed by atoms with Crippen LogP contribution in [0.3, 0.4) is 0 Å². The van der Waals surface area contributed by atoms with Crippen molar-refractivity contribution in [3.63, 3.8) is 0 Å². The Bertz CT molecular complexity index is 549. The van der Waals surface area contributed by atoms with Crippen LogP contribution in [0.4, 0.5) is 0 Å². The molecule has 2 atom stereocenters. The highest BCUT2D eigenvalue weighted by Gasteiger charge is 2.48. The van der Waals surface area contributed by atoms with Crippen LogP contribution in [0.1, 0.15) is 61.8 Å². The molecule has 2 nitrogen and oxygen atoms in total. The smallest absolute Gasteiger partial charge is 0.106 e. The molecule has 1 heterocycles. The summed E-state index contributed by atoms with van der Waals surface area (Å²) in [5.74, 6) is 0. The van der Waals surface area contributed by atoms with Crippen LogP contribution in [-0.2, 0) is 12.0 Å². The van der Waals surface area contributed by atoms with E-state index in [1.54, 1.807) is 0 Å². The van der Waals surface area contributed by atoms with Gasteiger partial charge in [-0.1, -0.05) is 38.0 Å². The van der Waals surface area contributed by atoms with Gasteiger partial charge in [-0.15, -0.1) is 12.4 Å². The molecule has 2 aliphatic rings. The standard InChI is InChI=1S/C19H29NO.ClH/c1-13-9-14(2)17-15(10-13)11-18(3,4)12-19(17,21)16-7-5-6-8-20-16;/h9-10,16,20-21H,5-8,11-12H2,1-4H3;1H. The predicted molar refractivity (Wildman–Crippen MR) is 94.8 cm³/mol. The third-order valence-electron chi connectivity index (χ3n) is 5.30. The van der Waals surface area contributed by atoms with Crippen LogP contribution >= 0.6 is 12.4 Å². The topological polar surface area (TPSA) is 32.3 Å². The average Bonchev–Trinajstić information content (AvgIpc) is 2.36. The number of rotatable bonds is 1. The normalized spacial score (nSPS) is 30.3. The van der Waals surface area contributed by atoms with E-state index in [9.17, 15) is 5.11 Å². The van der Waals surface area contributed by atoms with Crippen LogP contribution in [0, 0.1) is 19.3 Å². The number of hydrogen-bond donors (Lipinski definition) is 2. The molecule has 2 N–H and O–H groups in total. The number of hydrogen-bond acceptors (Lipinski definition) is 2. The summed E-state index contributed by atoms with van der Waals surface area (Å²) in [6.45, 7) is 9.95. The summed E-state index contributed by atoms with van der Waals surface area (Å²) in [6.07, 6.45) is 5.46. The quantitative estimate of drug-likeness (QED) is 0.818. The molecule has 1 aliphatic carbocycles. The lowest BCUT2D eigenvalue weighted by Crippen LogP contribution is -2.55. The summed E-state index contributed by atoms with van der Waals surface area (Å²) in [5.41, 5.74) is 4.58. The highest BCUT2D eigenvalue weighted by molar-refractivity contribution is 5.85. The number of nitrogens with one attached hydrogen (secondary N) is 1. The molecule has 0 amide bonds. The Hall–Kier alpha value is -0.570. The molecule has 124 valence electrons. The van der Waals surface area contributed by atoms with Crippen LogP contribution in [0.5, 0.6) is 0 Å². The molecule has 1 saturated heterocycles. The molecule has 0 saturated carbocycles. The Kier molecular flexibility index (Phi) is 4.97. The van der Waals surface area contributed by atoms with Gasteiger partial charge in [0.05, 0.1) is 0 Å². The Morgan fingerprint density at radius 3 is 2.55 bits per heavy atom. The SMILES string of the molecule is Cc1cc(C)c2c(c1)CC(C)(C)CC2(O)C1CCCCN1.Cl. The second-order valence-corrected chi connectivity index (χ2v) is 8.06. The number of fused-ring (bicyclic) bond motifs is 1. The van der Waals surface area contributed by atoms with E-state index in [4.69, 9.17) is 0 Å². The molecule has 1 aromatic rings. The first-order chi connectivity index (χ1) is 9.82. The largest absolute Gasteiger partial charge is 0.383 e. The van der Waals surface area contributed by atoms with E-state index in [1.165, 1.54) is 35.1 Å². The fourth-order valence-electron chi connectivity index (χ4n) is 4.77. The lowest BCUT2D eigenvalue weighted by atomic mass is 9.62. The average molecular weight is 324 g/mol. The number of halogens is 1. The van der Waals surface area contributed by atoms with Gasteiger partial charge < -0.3 is 10.4 Å². The minimum atomic E-state index is -0.713.